The van der Waals surface area contributed by atoms with Crippen LogP contribution in [0.5, 0.6) is 0 Å². The number of halogens is 1. The molecule has 0 saturated carbocycles. The van der Waals surface area contributed by atoms with E-state index >= 15 is 0 Å². The molecule has 4 saturated heterocycles. The largest absolute Gasteiger partial charge is 0.633 e. The highest BCUT2D eigenvalue weighted by molar-refractivity contribution is 5.79. The van der Waals surface area contributed by atoms with E-state index in [2.05, 4.69) is 10.2 Å². The Morgan fingerprint density at radius 3 is 2.65 bits per heavy atom. The maximum atomic E-state index is 13.0. The van der Waals surface area contributed by atoms with E-state index in [1.165, 1.54) is 12.1 Å². The molecule has 4 aliphatic rings. The van der Waals surface area contributed by atoms with Crippen molar-refractivity contribution in [3.8, 4) is 0 Å². The van der Waals surface area contributed by atoms with E-state index in [-0.39, 0.29) is 28.3 Å². The van der Waals surface area contributed by atoms with E-state index < -0.39 is 0 Å². The second-order valence-corrected chi connectivity index (χ2v) is 8.30. The second kappa shape index (κ2) is 7.25. The monoisotopic (exact) mass is 361 g/mol. The number of nitrogens with one attached hydrogen (secondary N) is 1. The predicted molar refractivity (Wildman–Crippen MR) is 97.5 cm³/mol. The third-order valence-electron chi connectivity index (χ3n) is 6.50. The normalized spacial score (nSPS) is 34.2. The third kappa shape index (κ3) is 3.92. The molecule has 0 radical (unpaired) electrons. The molecule has 2 atom stereocenters. The Bertz CT molecular complexity index is 643. The molecule has 26 heavy (non-hydrogen) atoms. The van der Waals surface area contributed by atoms with Gasteiger partial charge >= 0.3 is 0 Å². The van der Waals surface area contributed by atoms with Gasteiger partial charge in [0.15, 0.2) is 0 Å². The van der Waals surface area contributed by atoms with E-state index in [1.807, 2.05) is 12.1 Å². The lowest BCUT2D eigenvalue weighted by atomic mass is 9.78. The summed E-state index contributed by atoms with van der Waals surface area (Å²) in [5.41, 5.74) is 1.13. The van der Waals surface area contributed by atoms with Crippen LogP contribution in [0, 0.1) is 22.9 Å². The molecule has 0 aliphatic carbocycles. The Balaban J connectivity index is 1.24. The standard InChI is InChI=1S/C20H28FN3O2/c21-17-3-1-15(2-4-17)5-9-23-10-6-18(13-23)22-20(25)19-14-24(26)11-7-16(19)8-12-24/h1-4,16,18-19H,5-14H2,(H,22,25). The van der Waals surface area contributed by atoms with E-state index in [0.717, 1.165) is 50.9 Å². The number of piperidine rings is 3. The smallest absolute Gasteiger partial charge is 0.229 e. The minimum atomic E-state index is -0.201. The van der Waals surface area contributed by atoms with E-state index in [0.29, 0.717) is 25.6 Å². The van der Waals surface area contributed by atoms with Gasteiger partial charge in [-0.25, -0.2) is 4.39 Å². The van der Waals surface area contributed by atoms with Crippen LogP contribution in [0.1, 0.15) is 24.8 Å². The van der Waals surface area contributed by atoms with Crippen molar-refractivity contribution in [3.05, 3.63) is 40.9 Å². The van der Waals surface area contributed by atoms with Gasteiger partial charge in [-0.2, -0.15) is 0 Å². The van der Waals surface area contributed by atoms with E-state index in [9.17, 15) is 14.4 Å². The highest BCUT2D eigenvalue weighted by Gasteiger charge is 2.45. The first-order valence-electron chi connectivity index (χ1n) is 9.85. The van der Waals surface area contributed by atoms with Gasteiger partial charge in [-0.3, -0.25) is 4.79 Å². The van der Waals surface area contributed by atoms with Crippen molar-refractivity contribution in [1.29, 1.82) is 0 Å². The number of fused-ring (bicyclic) bond motifs is 3. The molecule has 0 spiro atoms. The van der Waals surface area contributed by atoms with Crippen LogP contribution >= 0.6 is 0 Å². The molecule has 5 nitrogen and oxygen atoms in total. The summed E-state index contributed by atoms with van der Waals surface area (Å²) in [6, 6.07) is 6.86. The first-order chi connectivity index (χ1) is 12.5. The van der Waals surface area contributed by atoms with Crippen molar-refractivity contribution < 1.29 is 13.8 Å². The molecular weight excluding hydrogens is 333 g/mol. The summed E-state index contributed by atoms with van der Waals surface area (Å²) >= 11 is 0. The summed E-state index contributed by atoms with van der Waals surface area (Å²) in [6.07, 6.45) is 3.65. The van der Waals surface area contributed by atoms with Crippen molar-refractivity contribution in [2.75, 3.05) is 39.3 Å². The second-order valence-electron chi connectivity index (χ2n) is 8.30. The van der Waals surface area contributed by atoms with Crippen molar-refractivity contribution >= 4 is 5.91 Å². The average molecular weight is 361 g/mol. The summed E-state index contributed by atoms with van der Waals surface area (Å²) in [6.45, 7) is 4.61. The number of quaternary nitrogens is 1. The molecule has 1 N–H and O–H groups in total. The van der Waals surface area contributed by atoms with Gasteiger partial charge in [-0.1, -0.05) is 12.1 Å². The van der Waals surface area contributed by atoms with Crippen LogP contribution in [0.4, 0.5) is 4.39 Å². The number of benzene rings is 1. The highest BCUT2D eigenvalue weighted by atomic mass is 19.1. The van der Waals surface area contributed by atoms with Crippen molar-refractivity contribution in [2.24, 2.45) is 11.8 Å². The number of rotatable bonds is 5. The van der Waals surface area contributed by atoms with Crippen LogP contribution in [0.3, 0.4) is 0 Å². The number of hydrogen-bond acceptors (Lipinski definition) is 3. The summed E-state index contributed by atoms with van der Waals surface area (Å²) in [7, 11) is 0. The fraction of sp³-hybridized carbons (Fsp3) is 0.650. The predicted octanol–water partition coefficient (Wildman–Crippen LogP) is 1.91. The average Bonchev–Trinajstić information content (AvgIpc) is 3.08. The molecule has 142 valence electrons. The molecule has 0 aromatic heterocycles. The van der Waals surface area contributed by atoms with Crippen molar-refractivity contribution in [3.63, 3.8) is 0 Å². The maximum Gasteiger partial charge on any atom is 0.229 e. The van der Waals surface area contributed by atoms with Gasteiger partial charge in [0.1, 0.15) is 5.82 Å². The zero-order valence-corrected chi connectivity index (χ0v) is 15.2. The van der Waals surface area contributed by atoms with Crippen LogP contribution < -0.4 is 5.32 Å². The van der Waals surface area contributed by atoms with Crippen LogP contribution in [0.2, 0.25) is 0 Å². The van der Waals surface area contributed by atoms with Crippen molar-refractivity contribution in [1.82, 2.24) is 10.2 Å². The Labute approximate surface area is 154 Å². The van der Waals surface area contributed by atoms with Crippen LogP contribution in [-0.4, -0.2) is 60.8 Å². The minimum Gasteiger partial charge on any atom is -0.633 e. The van der Waals surface area contributed by atoms with Gasteiger partial charge in [-0.15, -0.1) is 0 Å². The fourth-order valence-corrected chi connectivity index (χ4v) is 4.85. The Morgan fingerprint density at radius 2 is 1.96 bits per heavy atom. The zero-order valence-electron chi connectivity index (χ0n) is 15.2. The number of hydrogen-bond donors (Lipinski definition) is 1. The number of amides is 1. The summed E-state index contributed by atoms with van der Waals surface area (Å²) in [5, 5.41) is 15.7. The number of likely N-dealkylation sites (tertiary alicyclic amines) is 1. The molecule has 5 rings (SSSR count). The molecule has 4 fully saturated rings. The van der Waals surface area contributed by atoms with Gasteiger partial charge < -0.3 is 20.1 Å². The van der Waals surface area contributed by atoms with Crippen LogP contribution in [-0.2, 0) is 11.2 Å². The Hall–Kier alpha value is -1.50. The number of carbonyl (C=O) groups is 1. The lowest BCUT2D eigenvalue weighted by Crippen LogP contribution is -2.61. The van der Waals surface area contributed by atoms with Gasteiger partial charge in [0.25, 0.3) is 0 Å². The van der Waals surface area contributed by atoms with Gasteiger partial charge in [0.05, 0.1) is 25.6 Å². The minimum absolute atomic E-state index is 0.0942. The molecule has 1 aromatic rings. The maximum absolute atomic E-state index is 13.0. The lowest BCUT2D eigenvalue weighted by molar-refractivity contribution is -0.900. The number of hydroxylamine groups is 3. The molecule has 2 bridgehead atoms. The molecule has 2 unspecified atom stereocenters. The molecule has 4 aliphatic heterocycles. The van der Waals surface area contributed by atoms with Crippen LogP contribution in [0.25, 0.3) is 0 Å². The van der Waals surface area contributed by atoms with Gasteiger partial charge in [0, 0.05) is 38.5 Å². The molecule has 4 heterocycles. The summed E-state index contributed by atoms with van der Waals surface area (Å²) < 4.78 is 12.8. The third-order valence-corrected chi connectivity index (χ3v) is 6.50. The van der Waals surface area contributed by atoms with Gasteiger partial charge in [0.2, 0.25) is 5.91 Å². The van der Waals surface area contributed by atoms with Crippen LogP contribution in [0.15, 0.2) is 24.3 Å². The topological polar surface area (TPSA) is 55.4 Å². The van der Waals surface area contributed by atoms with Crippen molar-refractivity contribution in [2.45, 2.75) is 31.7 Å². The number of carbonyl (C=O) groups excluding carboxylic acids is 1. The quantitative estimate of drug-likeness (QED) is 0.644. The lowest BCUT2D eigenvalue weighted by Gasteiger charge is -2.55. The SMILES string of the molecule is O=C(NC1CCN(CCc2ccc(F)cc2)C1)C1C[N+]2([O-])CCC1CC2. The first kappa shape index (κ1) is 17.9. The van der Waals surface area contributed by atoms with E-state index in [4.69, 9.17) is 0 Å². The zero-order chi connectivity index (χ0) is 18.1. The first-order valence-corrected chi connectivity index (χ1v) is 9.85. The molecule has 1 aromatic carbocycles. The number of nitrogens with zero attached hydrogens (tertiary/aromatic N) is 2. The molecule has 6 heteroatoms. The molecular formula is C20H28FN3O2. The Kier molecular flexibility index (Phi) is 4.99. The van der Waals surface area contributed by atoms with Gasteiger partial charge in [-0.05, 0) is 36.5 Å². The summed E-state index contributed by atoms with van der Waals surface area (Å²) in [4.78, 5) is 15.0. The highest BCUT2D eigenvalue weighted by Crippen LogP contribution is 2.37. The van der Waals surface area contributed by atoms with E-state index in [1.54, 1.807) is 0 Å². The molecule has 1 amide bonds. The summed E-state index contributed by atoms with van der Waals surface area (Å²) in [5.74, 6) is 0.203. The Morgan fingerprint density at radius 1 is 1.23 bits per heavy atom. The fourth-order valence-electron chi connectivity index (χ4n) is 4.85.